The van der Waals surface area contributed by atoms with Gasteiger partial charge in [0.15, 0.2) is 6.10 Å². The highest BCUT2D eigenvalue weighted by atomic mass is 16.6. The lowest BCUT2D eigenvalue weighted by molar-refractivity contribution is -0.167. The van der Waals surface area contributed by atoms with Crippen LogP contribution in [0.15, 0.2) is 109 Å². The van der Waals surface area contributed by atoms with Crippen LogP contribution < -0.4 is 0 Å². The summed E-state index contributed by atoms with van der Waals surface area (Å²) in [6.45, 7) is 6.32. The van der Waals surface area contributed by atoms with E-state index < -0.39 is 6.10 Å². The minimum atomic E-state index is -0.806. The molecule has 0 aromatic heterocycles. The predicted octanol–water partition coefficient (Wildman–Crippen LogP) is 17.5. The number of hydrogen-bond acceptors (Lipinski definition) is 6. The Hall–Kier alpha value is -3.93. The molecule has 6 nitrogen and oxygen atoms in total. The molecular weight excluding hydrogens is 805 g/mol. The summed E-state index contributed by atoms with van der Waals surface area (Å²) < 4.78 is 16.8. The second-order valence-electron chi connectivity index (χ2n) is 17.2. The first-order chi connectivity index (χ1) is 32.0. The maximum atomic E-state index is 12.8. The third-order valence-corrected chi connectivity index (χ3v) is 10.9. The van der Waals surface area contributed by atoms with Crippen molar-refractivity contribution in [2.75, 3.05) is 13.2 Å². The minimum absolute atomic E-state index is 0.105. The molecule has 6 heteroatoms. The van der Waals surface area contributed by atoms with E-state index in [9.17, 15) is 14.4 Å². The second kappa shape index (κ2) is 52.7. The second-order valence-corrected chi connectivity index (χ2v) is 17.2. The summed E-state index contributed by atoms with van der Waals surface area (Å²) in [5.41, 5.74) is 0. The Balaban J connectivity index is 4.51. The lowest BCUT2D eigenvalue weighted by atomic mass is 10.0. The van der Waals surface area contributed by atoms with Gasteiger partial charge in [0.05, 0.1) is 0 Å². The maximum Gasteiger partial charge on any atom is 0.306 e. The van der Waals surface area contributed by atoms with Crippen molar-refractivity contribution in [3.8, 4) is 0 Å². The molecule has 0 aromatic carbocycles. The van der Waals surface area contributed by atoms with Crippen molar-refractivity contribution in [2.24, 2.45) is 0 Å². The van der Waals surface area contributed by atoms with Crippen LogP contribution >= 0.6 is 0 Å². The Labute approximate surface area is 400 Å². The molecule has 0 fully saturated rings. The van der Waals surface area contributed by atoms with Crippen molar-refractivity contribution in [3.05, 3.63) is 109 Å². The number of ether oxygens (including phenoxy) is 3. The van der Waals surface area contributed by atoms with Gasteiger partial charge in [0.25, 0.3) is 0 Å². The van der Waals surface area contributed by atoms with Gasteiger partial charge in [0, 0.05) is 19.3 Å². The molecule has 0 bridgehead atoms. The van der Waals surface area contributed by atoms with Gasteiger partial charge in [0.2, 0.25) is 0 Å². The molecule has 0 N–H and O–H groups in total. The van der Waals surface area contributed by atoms with E-state index in [1.807, 2.05) is 60.8 Å². The average Bonchev–Trinajstić information content (AvgIpc) is 3.30. The first-order valence-corrected chi connectivity index (χ1v) is 26.5. The molecular formula is C59H96O6. The van der Waals surface area contributed by atoms with Crippen LogP contribution in [0.2, 0.25) is 0 Å². The number of esters is 3. The Kier molecular flexibility index (Phi) is 49.5. The van der Waals surface area contributed by atoms with Gasteiger partial charge < -0.3 is 14.2 Å². The molecule has 0 aliphatic carbocycles. The SMILES string of the molecule is CC\C=C/C=C\C=C/C=C\C=C\C=C/CCCCCC(=O)OCC(COC(=O)CCCCCC/C=C\C/C=C\C/C=C\CC)OC(=O)CCCCCCCCCCCCCCCCCC. The maximum absolute atomic E-state index is 12.8. The number of carbonyl (C=O) groups excluding carboxylic acids is 3. The van der Waals surface area contributed by atoms with Crippen LogP contribution in [-0.4, -0.2) is 37.2 Å². The van der Waals surface area contributed by atoms with Crippen molar-refractivity contribution in [1.29, 1.82) is 0 Å². The quantitative estimate of drug-likeness (QED) is 0.0199. The predicted molar refractivity (Wildman–Crippen MR) is 279 cm³/mol. The first-order valence-electron chi connectivity index (χ1n) is 26.5. The zero-order chi connectivity index (χ0) is 47.2. The Bertz CT molecular complexity index is 1360. The van der Waals surface area contributed by atoms with E-state index in [0.29, 0.717) is 19.3 Å². The highest BCUT2D eigenvalue weighted by Gasteiger charge is 2.19. The van der Waals surface area contributed by atoms with E-state index in [-0.39, 0.29) is 31.1 Å². The van der Waals surface area contributed by atoms with Crippen molar-refractivity contribution in [2.45, 2.75) is 232 Å². The fourth-order valence-corrected chi connectivity index (χ4v) is 7.02. The van der Waals surface area contributed by atoms with Crippen molar-refractivity contribution in [1.82, 2.24) is 0 Å². The van der Waals surface area contributed by atoms with Gasteiger partial charge in [-0.15, -0.1) is 0 Å². The summed E-state index contributed by atoms with van der Waals surface area (Å²) in [5, 5.41) is 0. The van der Waals surface area contributed by atoms with Crippen LogP contribution in [0, 0.1) is 0 Å². The van der Waals surface area contributed by atoms with Crippen molar-refractivity contribution >= 4 is 17.9 Å². The molecule has 65 heavy (non-hydrogen) atoms. The lowest BCUT2D eigenvalue weighted by Crippen LogP contribution is -2.30. The molecule has 0 saturated heterocycles. The molecule has 0 aromatic rings. The summed E-state index contributed by atoms with van der Waals surface area (Å²) in [4.78, 5) is 38.0. The molecule has 0 rings (SSSR count). The van der Waals surface area contributed by atoms with Gasteiger partial charge in [-0.3, -0.25) is 14.4 Å². The van der Waals surface area contributed by atoms with Crippen LogP contribution in [0.4, 0.5) is 0 Å². The van der Waals surface area contributed by atoms with E-state index in [2.05, 4.69) is 69.4 Å². The van der Waals surface area contributed by atoms with Crippen LogP contribution in [0.5, 0.6) is 0 Å². The normalized spacial score (nSPS) is 13.0. The van der Waals surface area contributed by atoms with Crippen molar-refractivity contribution in [3.63, 3.8) is 0 Å². The van der Waals surface area contributed by atoms with Gasteiger partial charge in [-0.05, 0) is 70.6 Å². The minimum Gasteiger partial charge on any atom is -0.462 e. The summed E-state index contributed by atoms with van der Waals surface area (Å²) in [7, 11) is 0. The van der Waals surface area contributed by atoms with E-state index in [1.165, 1.54) is 83.5 Å². The zero-order valence-corrected chi connectivity index (χ0v) is 42.0. The smallest absolute Gasteiger partial charge is 0.306 e. The molecule has 0 heterocycles. The topological polar surface area (TPSA) is 78.9 Å². The van der Waals surface area contributed by atoms with Gasteiger partial charge in [-0.1, -0.05) is 246 Å². The Morgan fingerprint density at radius 3 is 1.14 bits per heavy atom. The van der Waals surface area contributed by atoms with E-state index in [1.54, 1.807) is 0 Å². The van der Waals surface area contributed by atoms with Gasteiger partial charge in [-0.2, -0.15) is 0 Å². The highest BCUT2D eigenvalue weighted by molar-refractivity contribution is 5.71. The molecule has 368 valence electrons. The summed E-state index contributed by atoms with van der Waals surface area (Å²) in [6.07, 6.45) is 70.7. The molecule has 0 saturated carbocycles. The summed E-state index contributed by atoms with van der Waals surface area (Å²) >= 11 is 0. The standard InChI is InChI=1S/C59H96O6/c1-4-7-10-13-16-19-22-25-28-30-32-34-37-40-43-46-49-52-58(61)64-55-56(54-63-57(60)51-48-45-42-39-36-33-27-24-21-18-15-12-9-6-3)65-59(62)53-50-47-44-41-38-35-31-29-26-23-20-17-14-11-8-5-2/h7,9-10,12-13,16,18-19,21-22,25,27-28,30,32-34,37,56H,4-6,8,11,14-15,17,20,23-24,26,29,31,35-36,38-55H2,1-3H3/b10-7-,12-9-,16-13-,21-18-,22-19-,28-25-,32-30+,33-27-,37-34-. The number of unbranched alkanes of at least 4 members (excludes halogenated alkanes) is 22. The average molecular weight is 901 g/mol. The third-order valence-electron chi connectivity index (χ3n) is 10.9. The summed E-state index contributed by atoms with van der Waals surface area (Å²) in [5.74, 6) is -0.970. The van der Waals surface area contributed by atoms with Crippen LogP contribution in [0.3, 0.4) is 0 Å². The Morgan fingerprint density at radius 2 is 0.677 bits per heavy atom. The number of hydrogen-bond donors (Lipinski definition) is 0. The van der Waals surface area contributed by atoms with E-state index in [4.69, 9.17) is 14.2 Å². The molecule has 0 aliphatic rings. The molecule has 0 radical (unpaired) electrons. The monoisotopic (exact) mass is 901 g/mol. The lowest BCUT2D eigenvalue weighted by Gasteiger charge is -2.18. The van der Waals surface area contributed by atoms with Crippen LogP contribution in [0.1, 0.15) is 226 Å². The van der Waals surface area contributed by atoms with Crippen molar-refractivity contribution < 1.29 is 28.6 Å². The van der Waals surface area contributed by atoms with Gasteiger partial charge >= 0.3 is 17.9 Å². The first kappa shape index (κ1) is 61.1. The fourth-order valence-electron chi connectivity index (χ4n) is 7.02. The largest absolute Gasteiger partial charge is 0.462 e. The third kappa shape index (κ3) is 50.9. The fraction of sp³-hybridized carbons (Fsp3) is 0.644. The van der Waals surface area contributed by atoms with Gasteiger partial charge in [-0.25, -0.2) is 0 Å². The van der Waals surface area contributed by atoms with Gasteiger partial charge in [0.1, 0.15) is 13.2 Å². The van der Waals surface area contributed by atoms with Crippen LogP contribution in [-0.2, 0) is 28.6 Å². The molecule has 0 aliphatic heterocycles. The van der Waals surface area contributed by atoms with Crippen LogP contribution in [0.25, 0.3) is 0 Å². The molecule has 0 spiro atoms. The molecule has 1 atom stereocenters. The Morgan fingerprint density at radius 1 is 0.338 bits per heavy atom. The number of allylic oxidation sites excluding steroid dienone is 18. The van der Waals surface area contributed by atoms with E-state index in [0.717, 1.165) is 103 Å². The highest BCUT2D eigenvalue weighted by Crippen LogP contribution is 2.15. The van der Waals surface area contributed by atoms with E-state index >= 15 is 0 Å². The number of carbonyl (C=O) groups is 3. The summed E-state index contributed by atoms with van der Waals surface area (Å²) in [6, 6.07) is 0. The molecule has 0 amide bonds. The number of rotatable bonds is 46. The zero-order valence-electron chi connectivity index (χ0n) is 42.0. The molecule has 1 unspecified atom stereocenters.